The summed E-state index contributed by atoms with van der Waals surface area (Å²) in [4.78, 5) is 33.2. The fraction of sp³-hybridized carbons (Fsp3) is 0.524. The molecule has 1 aromatic carbocycles. The topological polar surface area (TPSA) is 65.6 Å². The molecule has 1 fully saturated rings. The molecule has 2 amide bonds. The number of hydrogen-bond donors (Lipinski definition) is 1. The van der Waals surface area contributed by atoms with Gasteiger partial charge in [-0.3, -0.25) is 9.59 Å². The zero-order chi connectivity index (χ0) is 19.0. The number of aromatic amines is 1. The zero-order valence-electron chi connectivity index (χ0n) is 16.1. The Hall–Kier alpha value is -2.34. The number of amides is 2. The second kappa shape index (κ2) is 7.00. The van der Waals surface area contributed by atoms with Crippen LogP contribution in [0.15, 0.2) is 24.3 Å². The van der Waals surface area contributed by atoms with Crippen molar-refractivity contribution in [2.24, 2.45) is 0 Å². The molecule has 2 aliphatic heterocycles. The lowest BCUT2D eigenvalue weighted by Crippen LogP contribution is -2.67. The molecule has 1 unspecified atom stereocenters. The molecule has 6 nitrogen and oxygen atoms in total. The first-order valence-electron chi connectivity index (χ1n) is 9.85. The maximum Gasteiger partial charge on any atom is 0.254 e. The van der Waals surface area contributed by atoms with Gasteiger partial charge in [-0.25, -0.2) is 0 Å². The average molecular weight is 369 g/mol. The molecule has 1 atom stereocenters. The van der Waals surface area contributed by atoms with Crippen LogP contribution >= 0.6 is 0 Å². The molecular weight excluding hydrogens is 342 g/mol. The number of benzene rings is 1. The third kappa shape index (κ3) is 2.83. The number of piperazine rings is 1. The number of para-hydroxylation sites is 1. The number of H-pyrrole nitrogens is 1. The monoisotopic (exact) mass is 369 g/mol. The first kappa shape index (κ1) is 18.0. The van der Waals surface area contributed by atoms with Crippen LogP contribution < -0.4 is 0 Å². The van der Waals surface area contributed by atoms with E-state index in [0.29, 0.717) is 19.7 Å². The number of rotatable bonds is 6. The summed E-state index contributed by atoms with van der Waals surface area (Å²) in [5.74, 6) is 0.0287. The van der Waals surface area contributed by atoms with Gasteiger partial charge in [0.15, 0.2) is 5.54 Å². The van der Waals surface area contributed by atoms with Crippen LogP contribution in [0.3, 0.4) is 0 Å². The molecule has 0 aliphatic carbocycles. The summed E-state index contributed by atoms with van der Waals surface area (Å²) < 4.78 is 5.52. The smallest absolute Gasteiger partial charge is 0.254 e. The van der Waals surface area contributed by atoms with Crippen molar-refractivity contribution in [2.45, 2.75) is 38.6 Å². The lowest BCUT2D eigenvalue weighted by molar-refractivity contribution is -0.166. The largest absolute Gasteiger partial charge is 0.381 e. The van der Waals surface area contributed by atoms with Gasteiger partial charge < -0.3 is 19.5 Å². The quantitative estimate of drug-likeness (QED) is 0.796. The number of carbonyl (C=O) groups is 2. The predicted molar refractivity (Wildman–Crippen MR) is 103 cm³/mol. The number of ether oxygens (including phenoxy) is 1. The Labute approximate surface area is 159 Å². The van der Waals surface area contributed by atoms with Gasteiger partial charge in [-0.2, -0.15) is 0 Å². The highest BCUT2D eigenvalue weighted by Gasteiger charge is 2.53. The van der Waals surface area contributed by atoms with Crippen LogP contribution in [0.25, 0.3) is 10.9 Å². The summed E-state index contributed by atoms with van der Waals surface area (Å²) in [6, 6.07) is 8.11. The number of nitrogens with one attached hydrogen (secondary N) is 1. The maximum absolute atomic E-state index is 13.5. The van der Waals surface area contributed by atoms with Gasteiger partial charge >= 0.3 is 0 Å². The van der Waals surface area contributed by atoms with Crippen molar-refractivity contribution in [1.82, 2.24) is 14.8 Å². The molecule has 4 rings (SSSR count). The van der Waals surface area contributed by atoms with Crippen molar-refractivity contribution in [2.75, 3.05) is 32.8 Å². The molecule has 1 saturated heterocycles. The number of fused-ring (bicyclic) bond motifs is 5. The molecule has 1 aromatic heterocycles. The standard InChI is InChI=1S/C21H27N3O3/c1-3-12-27-13-6-10-23-14-18(25)24-11-9-16-15-7-4-5-8-17(15)22-19(16)21(24,2)20(23)26/h4-5,7-8,22H,3,6,9-14H2,1-2H3. The molecule has 2 aromatic rings. The molecule has 1 N–H and O–H groups in total. The summed E-state index contributed by atoms with van der Waals surface area (Å²) in [5, 5.41) is 1.15. The Bertz CT molecular complexity index is 875. The molecule has 0 radical (unpaired) electrons. The number of nitrogens with zero attached hydrogens (tertiary/aromatic N) is 2. The highest BCUT2D eigenvalue weighted by molar-refractivity contribution is 6.00. The van der Waals surface area contributed by atoms with Gasteiger partial charge in [-0.15, -0.1) is 0 Å². The minimum Gasteiger partial charge on any atom is -0.381 e. The second-order valence-electron chi connectivity index (χ2n) is 7.58. The molecule has 144 valence electrons. The van der Waals surface area contributed by atoms with E-state index in [1.165, 1.54) is 5.56 Å². The SMILES string of the molecule is CCCOCCCN1CC(=O)N2CCc3c([nH]c4ccccc34)C2(C)C1=O. The van der Waals surface area contributed by atoms with E-state index < -0.39 is 5.54 Å². The molecule has 0 bridgehead atoms. The van der Waals surface area contributed by atoms with Gasteiger partial charge in [0.2, 0.25) is 5.91 Å². The fourth-order valence-electron chi connectivity index (χ4n) is 4.47. The number of aromatic nitrogens is 1. The summed E-state index contributed by atoms with van der Waals surface area (Å²) >= 11 is 0. The van der Waals surface area contributed by atoms with E-state index >= 15 is 0 Å². The lowest BCUT2D eigenvalue weighted by Gasteiger charge is -2.49. The van der Waals surface area contributed by atoms with Crippen LogP contribution in [-0.2, 0) is 26.3 Å². The van der Waals surface area contributed by atoms with Crippen molar-refractivity contribution < 1.29 is 14.3 Å². The molecule has 0 saturated carbocycles. The van der Waals surface area contributed by atoms with Gasteiger partial charge in [0.25, 0.3) is 5.91 Å². The minimum absolute atomic E-state index is 0.00472. The van der Waals surface area contributed by atoms with Crippen molar-refractivity contribution in [1.29, 1.82) is 0 Å². The Kier molecular flexibility index (Phi) is 4.68. The van der Waals surface area contributed by atoms with Crippen molar-refractivity contribution in [3.8, 4) is 0 Å². The van der Waals surface area contributed by atoms with E-state index in [0.717, 1.165) is 42.5 Å². The molecule has 6 heteroatoms. The van der Waals surface area contributed by atoms with Crippen LogP contribution in [0.5, 0.6) is 0 Å². The Morgan fingerprint density at radius 3 is 2.85 bits per heavy atom. The fourth-order valence-corrected chi connectivity index (χ4v) is 4.47. The van der Waals surface area contributed by atoms with E-state index in [9.17, 15) is 9.59 Å². The highest BCUT2D eigenvalue weighted by atomic mass is 16.5. The second-order valence-corrected chi connectivity index (χ2v) is 7.58. The van der Waals surface area contributed by atoms with Crippen LogP contribution in [0.1, 0.15) is 37.9 Å². The molecule has 27 heavy (non-hydrogen) atoms. The van der Waals surface area contributed by atoms with Gasteiger partial charge in [0.1, 0.15) is 0 Å². The molecule has 2 aliphatic rings. The van der Waals surface area contributed by atoms with Crippen LogP contribution in [0.4, 0.5) is 0 Å². The van der Waals surface area contributed by atoms with Gasteiger partial charge in [0.05, 0.1) is 12.2 Å². The highest BCUT2D eigenvalue weighted by Crippen LogP contribution is 2.41. The Morgan fingerprint density at radius 2 is 2.04 bits per heavy atom. The van der Waals surface area contributed by atoms with Crippen LogP contribution in [-0.4, -0.2) is 59.4 Å². The predicted octanol–water partition coefficient (Wildman–Crippen LogP) is 2.43. The molecule has 3 heterocycles. The van der Waals surface area contributed by atoms with Gasteiger partial charge in [-0.05, 0) is 37.8 Å². The minimum atomic E-state index is -0.952. The van der Waals surface area contributed by atoms with E-state index in [1.807, 2.05) is 25.1 Å². The maximum atomic E-state index is 13.5. The zero-order valence-corrected chi connectivity index (χ0v) is 16.1. The van der Waals surface area contributed by atoms with Gasteiger partial charge in [0, 0.05) is 37.2 Å². The average Bonchev–Trinajstić information content (AvgIpc) is 3.05. The number of hydrogen-bond acceptors (Lipinski definition) is 3. The van der Waals surface area contributed by atoms with Gasteiger partial charge in [-0.1, -0.05) is 25.1 Å². The van der Waals surface area contributed by atoms with Crippen molar-refractivity contribution in [3.05, 3.63) is 35.5 Å². The third-order valence-corrected chi connectivity index (χ3v) is 5.82. The third-order valence-electron chi connectivity index (χ3n) is 5.82. The Morgan fingerprint density at radius 1 is 1.22 bits per heavy atom. The van der Waals surface area contributed by atoms with E-state index in [4.69, 9.17) is 4.74 Å². The first-order valence-corrected chi connectivity index (χ1v) is 9.85. The van der Waals surface area contributed by atoms with Crippen molar-refractivity contribution in [3.63, 3.8) is 0 Å². The summed E-state index contributed by atoms with van der Waals surface area (Å²) in [6.45, 7) is 6.61. The molecular formula is C21H27N3O3. The van der Waals surface area contributed by atoms with E-state index in [-0.39, 0.29) is 18.4 Å². The number of carbonyl (C=O) groups excluding carboxylic acids is 2. The first-order chi connectivity index (χ1) is 13.1. The summed E-state index contributed by atoms with van der Waals surface area (Å²) in [7, 11) is 0. The molecule has 0 spiro atoms. The normalized spacial score (nSPS) is 22.3. The summed E-state index contributed by atoms with van der Waals surface area (Å²) in [5.41, 5.74) is 2.11. The van der Waals surface area contributed by atoms with E-state index in [1.54, 1.807) is 9.80 Å². The lowest BCUT2D eigenvalue weighted by atomic mass is 9.83. The van der Waals surface area contributed by atoms with Crippen molar-refractivity contribution >= 4 is 22.7 Å². The van der Waals surface area contributed by atoms with Crippen LogP contribution in [0.2, 0.25) is 0 Å². The van der Waals surface area contributed by atoms with Crippen LogP contribution in [0, 0.1) is 0 Å². The van der Waals surface area contributed by atoms with E-state index in [2.05, 4.69) is 18.0 Å². The Balaban J connectivity index is 1.64. The summed E-state index contributed by atoms with van der Waals surface area (Å²) in [6.07, 6.45) is 2.50.